The van der Waals surface area contributed by atoms with Gasteiger partial charge in [0.2, 0.25) is 11.8 Å². The number of carbonyl (C=O) groups excluding carboxylic acids is 2. The van der Waals surface area contributed by atoms with Crippen LogP contribution in [0.15, 0.2) is 0 Å². The molecule has 4 heteroatoms. The Hall–Kier alpha value is -1.06. The lowest BCUT2D eigenvalue weighted by Crippen LogP contribution is -2.66. The zero-order valence-electron chi connectivity index (χ0n) is 14.5. The normalized spacial score (nSPS) is 26.0. The van der Waals surface area contributed by atoms with Gasteiger partial charge in [0.15, 0.2) is 0 Å². The van der Waals surface area contributed by atoms with Gasteiger partial charge in [-0.05, 0) is 24.2 Å². The Morgan fingerprint density at radius 3 is 2.10 bits per heavy atom. The van der Waals surface area contributed by atoms with E-state index in [0.29, 0.717) is 12.5 Å². The Morgan fingerprint density at radius 2 is 1.62 bits per heavy atom. The highest BCUT2D eigenvalue weighted by molar-refractivity contribution is 5.97. The molecule has 4 unspecified atom stereocenters. The summed E-state index contributed by atoms with van der Waals surface area (Å²) >= 11 is 0. The van der Waals surface area contributed by atoms with Crippen LogP contribution in [-0.2, 0) is 9.59 Å². The molecule has 0 aromatic rings. The maximum atomic E-state index is 12.8. The van der Waals surface area contributed by atoms with Crippen LogP contribution in [0.25, 0.3) is 0 Å². The molecule has 0 aromatic heterocycles. The number of hydrogen-bond acceptors (Lipinski definition) is 2. The Bertz CT molecular complexity index is 368. The zero-order chi connectivity index (χ0) is 16.2. The Kier molecular flexibility index (Phi) is 6.69. The van der Waals surface area contributed by atoms with Gasteiger partial charge in [-0.2, -0.15) is 0 Å². The highest BCUT2D eigenvalue weighted by atomic mass is 16.2. The third-order valence-electron chi connectivity index (χ3n) is 4.79. The molecule has 1 N–H and O–H groups in total. The molecular formula is C17H32N2O2. The lowest BCUT2D eigenvalue weighted by molar-refractivity contribution is -0.153. The van der Waals surface area contributed by atoms with Crippen molar-refractivity contribution in [2.75, 3.05) is 6.54 Å². The Morgan fingerprint density at radius 1 is 1.05 bits per heavy atom. The average molecular weight is 296 g/mol. The fraction of sp³-hybridized carbons (Fsp3) is 0.882. The molecule has 1 saturated heterocycles. The summed E-state index contributed by atoms with van der Waals surface area (Å²) in [4.78, 5) is 27.2. The molecule has 122 valence electrons. The van der Waals surface area contributed by atoms with E-state index in [-0.39, 0.29) is 35.7 Å². The van der Waals surface area contributed by atoms with Crippen molar-refractivity contribution >= 4 is 11.8 Å². The highest BCUT2D eigenvalue weighted by Crippen LogP contribution is 2.24. The molecule has 1 fully saturated rings. The second kappa shape index (κ2) is 7.81. The first-order valence-electron chi connectivity index (χ1n) is 8.44. The summed E-state index contributed by atoms with van der Waals surface area (Å²) in [5.41, 5.74) is 0. The van der Waals surface area contributed by atoms with Gasteiger partial charge in [0.1, 0.15) is 12.1 Å². The van der Waals surface area contributed by atoms with E-state index < -0.39 is 0 Å². The van der Waals surface area contributed by atoms with E-state index in [4.69, 9.17) is 0 Å². The van der Waals surface area contributed by atoms with Crippen LogP contribution in [0.4, 0.5) is 0 Å². The second-order valence-corrected chi connectivity index (χ2v) is 6.92. The van der Waals surface area contributed by atoms with Gasteiger partial charge in [-0.3, -0.25) is 9.59 Å². The zero-order valence-corrected chi connectivity index (χ0v) is 14.5. The van der Waals surface area contributed by atoms with Crippen LogP contribution in [0, 0.1) is 17.8 Å². The summed E-state index contributed by atoms with van der Waals surface area (Å²) in [6.07, 6.45) is 2.74. The van der Waals surface area contributed by atoms with Gasteiger partial charge in [-0.1, -0.05) is 54.4 Å². The molecule has 0 bridgehead atoms. The van der Waals surface area contributed by atoms with Crippen LogP contribution in [-0.4, -0.2) is 35.3 Å². The molecule has 1 heterocycles. The average Bonchev–Trinajstić information content (AvgIpc) is 2.45. The van der Waals surface area contributed by atoms with Crippen molar-refractivity contribution in [3.63, 3.8) is 0 Å². The highest BCUT2D eigenvalue weighted by Gasteiger charge is 2.43. The van der Waals surface area contributed by atoms with E-state index in [1.54, 1.807) is 0 Å². The molecule has 0 aromatic carbocycles. The monoisotopic (exact) mass is 296 g/mol. The number of nitrogens with one attached hydrogen (secondary N) is 1. The largest absolute Gasteiger partial charge is 0.342 e. The summed E-state index contributed by atoms with van der Waals surface area (Å²) < 4.78 is 0. The van der Waals surface area contributed by atoms with Gasteiger partial charge >= 0.3 is 0 Å². The van der Waals surface area contributed by atoms with Crippen LogP contribution < -0.4 is 5.32 Å². The Balaban J connectivity index is 2.99. The first kappa shape index (κ1) is 18.0. The number of amides is 2. The number of hydrogen-bond donors (Lipinski definition) is 1. The van der Waals surface area contributed by atoms with Crippen LogP contribution in [0.5, 0.6) is 0 Å². The first-order valence-corrected chi connectivity index (χ1v) is 8.44. The predicted octanol–water partition coefficient (Wildman–Crippen LogP) is 2.82. The summed E-state index contributed by atoms with van der Waals surface area (Å²) in [5, 5.41) is 2.97. The molecule has 0 radical (unpaired) electrons. The van der Waals surface area contributed by atoms with E-state index >= 15 is 0 Å². The lowest BCUT2D eigenvalue weighted by atomic mass is 9.89. The van der Waals surface area contributed by atoms with Gasteiger partial charge in [0.25, 0.3) is 0 Å². The van der Waals surface area contributed by atoms with Crippen molar-refractivity contribution in [1.82, 2.24) is 10.2 Å². The smallest absolute Gasteiger partial charge is 0.246 e. The molecule has 0 saturated carbocycles. The molecular weight excluding hydrogens is 264 g/mol. The van der Waals surface area contributed by atoms with Crippen LogP contribution in [0.1, 0.15) is 60.8 Å². The van der Waals surface area contributed by atoms with Crippen molar-refractivity contribution < 1.29 is 9.59 Å². The maximum absolute atomic E-state index is 12.8. The van der Waals surface area contributed by atoms with Crippen LogP contribution in [0.3, 0.4) is 0 Å². The molecule has 1 aliphatic rings. The fourth-order valence-corrected chi connectivity index (χ4v) is 2.81. The van der Waals surface area contributed by atoms with Gasteiger partial charge in [0, 0.05) is 6.54 Å². The first-order chi connectivity index (χ1) is 9.83. The third kappa shape index (κ3) is 4.21. The van der Waals surface area contributed by atoms with E-state index in [1.807, 2.05) is 11.8 Å². The topological polar surface area (TPSA) is 49.4 Å². The summed E-state index contributed by atoms with van der Waals surface area (Å²) in [6.45, 7) is 13.2. The van der Waals surface area contributed by atoms with Crippen molar-refractivity contribution in [2.45, 2.75) is 72.9 Å². The molecule has 4 nitrogen and oxygen atoms in total. The minimum Gasteiger partial charge on any atom is -0.342 e. The quantitative estimate of drug-likeness (QED) is 0.785. The second-order valence-electron chi connectivity index (χ2n) is 6.92. The Labute approximate surface area is 129 Å². The van der Waals surface area contributed by atoms with E-state index in [0.717, 1.165) is 19.3 Å². The van der Waals surface area contributed by atoms with Crippen molar-refractivity contribution in [3.8, 4) is 0 Å². The molecule has 1 aliphatic heterocycles. The minimum atomic E-state index is -0.352. The van der Waals surface area contributed by atoms with E-state index in [2.05, 4.69) is 39.9 Å². The summed E-state index contributed by atoms with van der Waals surface area (Å²) in [7, 11) is 0. The molecule has 21 heavy (non-hydrogen) atoms. The number of carbonyl (C=O) groups is 2. The van der Waals surface area contributed by atoms with Gasteiger partial charge in [-0.25, -0.2) is 0 Å². The molecule has 2 amide bonds. The molecule has 4 atom stereocenters. The molecule has 0 aliphatic carbocycles. The van der Waals surface area contributed by atoms with Crippen molar-refractivity contribution in [2.24, 2.45) is 17.8 Å². The van der Waals surface area contributed by atoms with E-state index in [1.165, 1.54) is 0 Å². The standard InChI is InChI=1S/C17H32N2O2/c1-7-12(5)14-17(21)19(10-9-11(3)4)15(13(6)8-2)16(20)18-14/h11-15H,7-10H2,1-6H3,(H,18,20). The SMILES string of the molecule is CCC(C)C1NC(=O)C(C(C)CC)N(CCC(C)C)C1=O. The summed E-state index contributed by atoms with van der Waals surface area (Å²) in [5.74, 6) is 1.04. The predicted molar refractivity (Wildman–Crippen MR) is 85.8 cm³/mol. The molecule has 0 spiro atoms. The maximum Gasteiger partial charge on any atom is 0.246 e. The number of rotatable bonds is 7. The van der Waals surface area contributed by atoms with Crippen LogP contribution in [0.2, 0.25) is 0 Å². The third-order valence-corrected chi connectivity index (χ3v) is 4.79. The van der Waals surface area contributed by atoms with Gasteiger partial charge < -0.3 is 10.2 Å². The van der Waals surface area contributed by atoms with Crippen molar-refractivity contribution in [1.29, 1.82) is 0 Å². The van der Waals surface area contributed by atoms with E-state index in [9.17, 15) is 9.59 Å². The fourth-order valence-electron chi connectivity index (χ4n) is 2.81. The van der Waals surface area contributed by atoms with Gasteiger partial charge in [0.05, 0.1) is 0 Å². The van der Waals surface area contributed by atoms with Crippen molar-refractivity contribution in [3.05, 3.63) is 0 Å². The molecule has 1 rings (SSSR count). The number of piperazine rings is 1. The minimum absolute atomic E-state index is 0.0259. The number of nitrogens with zero attached hydrogens (tertiary/aromatic N) is 1. The lowest BCUT2D eigenvalue weighted by Gasteiger charge is -2.43. The van der Waals surface area contributed by atoms with Crippen LogP contribution >= 0.6 is 0 Å². The van der Waals surface area contributed by atoms with Gasteiger partial charge in [-0.15, -0.1) is 0 Å². The summed E-state index contributed by atoms with van der Waals surface area (Å²) in [6, 6.07) is -0.656.